The normalized spacial score (nSPS) is 10.5. The zero-order valence-electron chi connectivity index (χ0n) is 13.5. The third-order valence-electron chi connectivity index (χ3n) is 3.52. The Labute approximate surface area is 136 Å². The fourth-order valence-corrected chi connectivity index (χ4v) is 2.32. The maximum atomic E-state index is 12.3. The first-order valence-electron chi connectivity index (χ1n) is 7.96. The lowest BCUT2D eigenvalue weighted by molar-refractivity contribution is 0.187. The molecule has 0 aliphatic heterocycles. The average molecular weight is 316 g/mol. The minimum absolute atomic E-state index is 0.0313. The number of benzene rings is 1. The summed E-state index contributed by atoms with van der Waals surface area (Å²) in [7, 11) is 0. The first-order chi connectivity index (χ1) is 11.2. The van der Waals surface area contributed by atoms with E-state index in [1.807, 2.05) is 41.2 Å². The first kappa shape index (κ1) is 17.0. The second-order valence-electron chi connectivity index (χ2n) is 5.40. The molecular formula is C17H24N4O2. The number of aliphatic hydroxyl groups excluding tert-OH is 1. The van der Waals surface area contributed by atoms with E-state index in [0.717, 1.165) is 24.1 Å². The molecule has 1 heterocycles. The molecule has 2 amide bonds. The smallest absolute Gasteiger partial charge is 0.321 e. The second kappa shape index (κ2) is 8.95. The number of rotatable bonds is 8. The molecule has 0 aliphatic carbocycles. The van der Waals surface area contributed by atoms with Crippen molar-refractivity contribution in [3.05, 3.63) is 48.3 Å². The molecule has 0 radical (unpaired) electrons. The standard InChI is InChI=1S/C17H24N4O2/c1-2-3-9-20(11-12-22)17(23)19-16-7-4-6-15(13-16)14-21-10-5-8-18-21/h4-8,10,13,22H,2-3,9,11-12,14H2,1H3,(H,19,23). The van der Waals surface area contributed by atoms with E-state index >= 15 is 0 Å². The number of nitrogens with zero attached hydrogens (tertiary/aromatic N) is 3. The summed E-state index contributed by atoms with van der Waals surface area (Å²) in [6.07, 6.45) is 5.58. The van der Waals surface area contributed by atoms with Gasteiger partial charge in [0.2, 0.25) is 0 Å². The van der Waals surface area contributed by atoms with Crippen LogP contribution in [0.5, 0.6) is 0 Å². The van der Waals surface area contributed by atoms with E-state index in [2.05, 4.69) is 17.3 Å². The quantitative estimate of drug-likeness (QED) is 0.786. The summed E-state index contributed by atoms with van der Waals surface area (Å²) < 4.78 is 1.83. The lowest BCUT2D eigenvalue weighted by Gasteiger charge is -2.22. The third-order valence-corrected chi connectivity index (χ3v) is 3.52. The minimum atomic E-state index is -0.177. The number of aromatic nitrogens is 2. The van der Waals surface area contributed by atoms with Crippen molar-refractivity contribution >= 4 is 11.7 Å². The molecule has 124 valence electrons. The van der Waals surface area contributed by atoms with E-state index in [4.69, 9.17) is 5.11 Å². The van der Waals surface area contributed by atoms with Crippen molar-refractivity contribution in [1.82, 2.24) is 14.7 Å². The number of aliphatic hydroxyl groups is 1. The minimum Gasteiger partial charge on any atom is -0.395 e. The molecule has 1 aromatic carbocycles. The van der Waals surface area contributed by atoms with Crippen LogP contribution in [-0.2, 0) is 6.54 Å². The Kier molecular flexibility index (Phi) is 6.62. The van der Waals surface area contributed by atoms with Crippen LogP contribution < -0.4 is 5.32 Å². The van der Waals surface area contributed by atoms with E-state index in [1.165, 1.54) is 0 Å². The third kappa shape index (κ3) is 5.41. The highest BCUT2D eigenvalue weighted by Crippen LogP contribution is 2.13. The Hall–Kier alpha value is -2.34. The van der Waals surface area contributed by atoms with Gasteiger partial charge in [0.25, 0.3) is 0 Å². The van der Waals surface area contributed by atoms with Crippen molar-refractivity contribution < 1.29 is 9.90 Å². The summed E-state index contributed by atoms with van der Waals surface area (Å²) >= 11 is 0. The summed E-state index contributed by atoms with van der Waals surface area (Å²) in [4.78, 5) is 14.0. The van der Waals surface area contributed by atoms with Crippen LogP contribution in [-0.4, -0.2) is 45.5 Å². The molecule has 6 heteroatoms. The van der Waals surface area contributed by atoms with Crippen LogP contribution in [0, 0.1) is 0 Å². The zero-order valence-corrected chi connectivity index (χ0v) is 13.5. The predicted molar refractivity (Wildman–Crippen MR) is 90.4 cm³/mol. The largest absolute Gasteiger partial charge is 0.395 e. The molecule has 6 nitrogen and oxygen atoms in total. The number of carbonyl (C=O) groups is 1. The molecule has 2 N–H and O–H groups in total. The van der Waals surface area contributed by atoms with Crippen molar-refractivity contribution in [2.24, 2.45) is 0 Å². The van der Waals surface area contributed by atoms with E-state index in [0.29, 0.717) is 19.6 Å². The van der Waals surface area contributed by atoms with Gasteiger partial charge in [-0.05, 0) is 30.2 Å². The van der Waals surface area contributed by atoms with Gasteiger partial charge in [-0.2, -0.15) is 5.10 Å². The highest BCUT2D eigenvalue weighted by atomic mass is 16.3. The topological polar surface area (TPSA) is 70.4 Å². The van der Waals surface area contributed by atoms with Gasteiger partial charge < -0.3 is 15.3 Å². The Balaban J connectivity index is 1.99. The van der Waals surface area contributed by atoms with Crippen molar-refractivity contribution in [3.63, 3.8) is 0 Å². The number of carbonyl (C=O) groups excluding carboxylic acids is 1. The molecule has 2 aromatic rings. The van der Waals surface area contributed by atoms with Crippen LogP contribution in [0.15, 0.2) is 42.7 Å². The zero-order chi connectivity index (χ0) is 16.5. The van der Waals surface area contributed by atoms with Crippen molar-refractivity contribution in [2.75, 3.05) is 25.0 Å². The summed E-state index contributed by atoms with van der Waals surface area (Å²) in [6, 6.07) is 9.42. The van der Waals surface area contributed by atoms with Gasteiger partial charge >= 0.3 is 6.03 Å². The van der Waals surface area contributed by atoms with E-state index < -0.39 is 0 Å². The van der Waals surface area contributed by atoms with Crippen LogP contribution in [0.3, 0.4) is 0 Å². The fraction of sp³-hybridized carbons (Fsp3) is 0.412. The summed E-state index contributed by atoms with van der Waals surface area (Å²) in [5.74, 6) is 0. The molecule has 2 rings (SSSR count). The monoisotopic (exact) mass is 316 g/mol. The summed E-state index contributed by atoms with van der Waals surface area (Å²) in [6.45, 7) is 3.70. The lowest BCUT2D eigenvalue weighted by Crippen LogP contribution is -2.37. The first-order valence-corrected chi connectivity index (χ1v) is 7.96. The molecular weight excluding hydrogens is 292 g/mol. The highest BCUT2D eigenvalue weighted by Gasteiger charge is 2.12. The molecule has 0 saturated carbocycles. The van der Waals surface area contributed by atoms with Gasteiger partial charge in [0.1, 0.15) is 0 Å². The number of nitrogens with one attached hydrogen (secondary N) is 1. The number of unbranched alkanes of at least 4 members (excludes halogenated alkanes) is 1. The average Bonchev–Trinajstić information content (AvgIpc) is 3.04. The second-order valence-corrected chi connectivity index (χ2v) is 5.40. The fourth-order valence-electron chi connectivity index (χ4n) is 2.32. The van der Waals surface area contributed by atoms with Crippen LogP contribution in [0.25, 0.3) is 0 Å². The van der Waals surface area contributed by atoms with Gasteiger partial charge in [0.15, 0.2) is 0 Å². The van der Waals surface area contributed by atoms with Crippen molar-refractivity contribution in [1.29, 1.82) is 0 Å². The maximum Gasteiger partial charge on any atom is 0.321 e. The summed E-state index contributed by atoms with van der Waals surface area (Å²) in [5, 5.41) is 16.2. The van der Waals surface area contributed by atoms with Crippen LogP contribution in [0.1, 0.15) is 25.3 Å². The van der Waals surface area contributed by atoms with Gasteiger partial charge in [-0.3, -0.25) is 4.68 Å². The molecule has 0 aliphatic rings. The van der Waals surface area contributed by atoms with Crippen molar-refractivity contribution in [3.8, 4) is 0 Å². The molecule has 0 fully saturated rings. The number of urea groups is 1. The molecule has 0 unspecified atom stereocenters. The number of anilines is 1. The molecule has 23 heavy (non-hydrogen) atoms. The van der Waals surface area contributed by atoms with Gasteiger partial charge in [-0.1, -0.05) is 25.5 Å². The van der Waals surface area contributed by atoms with Gasteiger partial charge in [-0.15, -0.1) is 0 Å². The van der Waals surface area contributed by atoms with Gasteiger partial charge in [0, 0.05) is 31.2 Å². The Morgan fingerprint density at radius 1 is 1.35 bits per heavy atom. The predicted octanol–water partition coefficient (Wildman–Crippen LogP) is 2.56. The maximum absolute atomic E-state index is 12.3. The van der Waals surface area contributed by atoms with Gasteiger partial charge in [0.05, 0.1) is 13.2 Å². The molecule has 0 bridgehead atoms. The van der Waals surface area contributed by atoms with Crippen LogP contribution >= 0.6 is 0 Å². The molecule has 1 aromatic heterocycles. The Morgan fingerprint density at radius 3 is 2.91 bits per heavy atom. The Morgan fingerprint density at radius 2 is 2.22 bits per heavy atom. The molecule has 0 saturated heterocycles. The Bertz CT molecular complexity index is 598. The van der Waals surface area contributed by atoms with E-state index in [1.54, 1.807) is 11.1 Å². The van der Waals surface area contributed by atoms with Gasteiger partial charge in [-0.25, -0.2) is 4.79 Å². The number of amides is 2. The van der Waals surface area contributed by atoms with E-state index in [-0.39, 0.29) is 12.6 Å². The number of hydrogen-bond acceptors (Lipinski definition) is 3. The number of hydrogen-bond donors (Lipinski definition) is 2. The molecule has 0 spiro atoms. The summed E-state index contributed by atoms with van der Waals surface area (Å²) in [5.41, 5.74) is 1.81. The highest BCUT2D eigenvalue weighted by molar-refractivity contribution is 5.89. The van der Waals surface area contributed by atoms with E-state index in [9.17, 15) is 4.79 Å². The SMILES string of the molecule is CCCCN(CCO)C(=O)Nc1cccc(Cn2cccn2)c1. The van der Waals surface area contributed by atoms with Crippen LogP contribution in [0.4, 0.5) is 10.5 Å². The van der Waals surface area contributed by atoms with Crippen LogP contribution in [0.2, 0.25) is 0 Å². The molecule has 0 atom stereocenters. The lowest BCUT2D eigenvalue weighted by atomic mass is 10.2. The van der Waals surface area contributed by atoms with Crippen molar-refractivity contribution in [2.45, 2.75) is 26.3 Å².